The number of hydrogen-bond donors (Lipinski definition) is 3. The van der Waals surface area contributed by atoms with Gasteiger partial charge < -0.3 is 14.9 Å². The van der Waals surface area contributed by atoms with Gasteiger partial charge in [-0.25, -0.2) is 0 Å². The molecule has 1 saturated heterocycles. The van der Waals surface area contributed by atoms with Gasteiger partial charge in [-0.2, -0.15) is 0 Å². The smallest absolute Gasteiger partial charge is 0.127 e. The van der Waals surface area contributed by atoms with E-state index >= 15 is 0 Å². The Balaban J connectivity index is 1.42. The van der Waals surface area contributed by atoms with Crippen molar-refractivity contribution < 1.29 is 14.9 Å². The van der Waals surface area contributed by atoms with Crippen molar-refractivity contribution in [3.8, 4) is 5.75 Å². The SMILES string of the molecule is Oc1cccc(C[NH+]2CC[NH+](C/C=C/c3ccccc3)CC2)c1. The Morgan fingerprint density at radius 1 is 0.870 bits per heavy atom. The number of piperazine rings is 1. The maximum absolute atomic E-state index is 9.55. The average molecular weight is 310 g/mol. The van der Waals surface area contributed by atoms with Crippen LogP contribution in [0.5, 0.6) is 5.75 Å². The standard InChI is InChI=1S/C20H24N2O/c23-20-10-4-8-19(16-20)17-22-14-12-21(13-15-22)11-5-9-18-6-2-1-3-7-18/h1-10,16,23H,11-15,17H2/p+2/b9-5+. The van der Waals surface area contributed by atoms with Gasteiger partial charge in [0.05, 0.1) is 6.54 Å². The van der Waals surface area contributed by atoms with Gasteiger partial charge in [0.1, 0.15) is 38.5 Å². The predicted octanol–water partition coefficient (Wildman–Crippen LogP) is 0.389. The highest BCUT2D eigenvalue weighted by Crippen LogP contribution is 2.09. The Morgan fingerprint density at radius 3 is 2.35 bits per heavy atom. The fourth-order valence-corrected chi connectivity index (χ4v) is 3.22. The monoisotopic (exact) mass is 310 g/mol. The Bertz CT molecular complexity index is 631. The van der Waals surface area contributed by atoms with E-state index in [0.717, 1.165) is 13.1 Å². The lowest BCUT2D eigenvalue weighted by Gasteiger charge is -2.29. The number of hydrogen-bond acceptors (Lipinski definition) is 1. The van der Waals surface area contributed by atoms with E-state index in [1.807, 2.05) is 12.1 Å². The van der Waals surface area contributed by atoms with Crippen LogP contribution in [-0.4, -0.2) is 37.8 Å². The van der Waals surface area contributed by atoms with Crippen LogP contribution in [0.4, 0.5) is 0 Å². The molecule has 120 valence electrons. The second-order valence-electron chi connectivity index (χ2n) is 6.36. The van der Waals surface area contributed by atoms with Crippen molar-refractivity contribution >= 4 is 6.08 Å². The molecule has 0 atom stereocenters. The number of rotatable bonds is 5. The lowest BCUT2D eigenvalue weighted by molar-refractivity contribution is -1.02. The van der Waals surface area contributed by atoms with Gasteiger partial charge in [-0.05, 0) is 23.8 Å². The molecule has 0 amide bonds. The quantitative estimate of drug-likeness (QED) is 0.733. The van der Waals surface area contributed by atoms with Crippen LogP contribution >= 0.6 is 0 Å². The summed E-state index contributed by atoms with van der Waals surface area (Å²) in [6.45, 7) is 6.95. The van der Waals surface area contributed by atoms with Crippen molar-refractivity contribution in [2.45, 2.75) is 6.54 Å². The molecule has 0 spiro atoms. The van der Waals surface area contributed by atoms with E-state index in [1.165, 1.54) is 37.3 Å². The molecule has 1 aliphatic heterocycles. The summed E-state index contributed by atoms with van der Waals surface area (Å²) >= 11 is 0. The lowest BCUT2D eigenvalue weighted by atomic mass is 10.2. The molecule has 0 bridgehead atoms. The maximum atomic E-state index is 9.55. The van der Waals surface area contributed by atoms with E-state index < -0.39 is 0 Å². The third kappa shape index (κ3) is 4.95. The molecule has 0 unspecified atom stereocenters. The number of phenols is 1. The van der Waals surface area contributed by atoms with Crippen LogP contribution < -0.4 is 9.80 Å². The molecule has 2 aromatic rings. The van der Waals surface area contributed by atoms with Gasteiger partial charge in [0.2, 0.25) is 0 Å². The van der Waals surface area contributed by atoms with Crippen molar-refractivity contribution in [3.05, 3.63) is 71.8 Å². The molecule has 1 fully saturated rings. The molecule has 0 aromatic heterocycles. The predicted molar refractivity (Wildman–Crippen MR) is 93.5 cm³/mol. The molecule has 2 aromatic carbocycles. The minimum Gasteiger partial charge on any atom is -0.508 e. The second kappa shape index (κ2) is 7.95. The van der Waals surface area contributed by atoms with Gasteiger partial charge in [-0.15, -0.1) is 0 Å². The molecule has 1 heterocycles. The third-order valence-corrected chi connectivity index (χ3v) is 4.55. The second-order valence-corrected chi connectivity index (χ2v) is 6.36. The molecular weight excluding hydrogens is 284 g/mol. The van der Waals surface area contributed by atoms with E-state index in [9.17, 15) is 5.11 Å². The summed E-state index contributed by atoms with van der Waals surface area (Å²) in [6.07, 6.45) is 4.52. The van der Waals surface area contributed by atoms with Crippen LogP contribution in [0.3, 0.4) is 0 Å². The van der Waals surface area contributed by atoms with Crippen molar-refractivity contribution in [2.24, 2.45) is 0 Å². The molecule has 3 heteroatoms. The summed E-state index contributed by atoms with van der Waals surface area (Å²) in [4.78, 5) is 3.28. The first-order chi connectivity index (χ1) is 11.3. The van der Waals surface area contributed by atoms with Crippen LogP contribution in [0.15, 0.2) is 60.7 Å². The lowest BCUT2D eigenvalue weighted by Crippen LogP contribution is -3.27. The molecule has 3 rings (SSSR count). The summed E-state index contributed by atoms with van der Waals surface area (Å²) < 4.78 is 0. The summed E-state index contributed by atoms with van der Waals surface area (Å²) in [5, 5.41) is 9.55. The van der Waals surface area contributed by atoms with Gasteiger partial charge in [-0.1, -0.05) is 48.5 Å². The molecule has 0 radical (unpaired) electrons. The Morgan fingerprint density at radius 2 is 1.61 bits per heavy atom. The summed E-state index contributed by atoms with van der Waals surface area (Å²) in [6, 6.07) is 18.2. The molecule has 23 heavy (non-hydrogen) atoms. The van der Waals surface area contributed by atoms with E-state index in [0.29, 0.717) is 5.75 Å². The third-order valence-electron chi connectivity index (χ3n) is 4.55. The minimum absolute atomic E-state index is 0.372. The van der Waals surface area contributed by atoms with Gasteiger partial charge in [0.15, 0.2) is 0 Å². The first-order valence-electron chi connectivity index (χ1n) is 8.46. The largest absolute Gasteiger partial charge is 0.508 e. The molecule has 0 aliphatic carbocycles. The summed E-state index contributed by atoms with van der Waals surface area (Å²) in [7, 11) is 0. The fraction of sp³-hybridized carbons (Fsp3) is 0.300. The highest BCUT2D eigenvalue weighted by molar-refractivity contribution is 5.48. The van der Waals surface area contributed by atoms with E-state index in [2.05, 4.69) is 48.6 Å². The van der Waals surface area contributed by atoms with Gasteiger partial charge in [0.25, 0.3) is 0 Å². The summed E-state index contributed by atoms with van der Waals surface area (Å²) in [5.41, 5.74) is 2.51. The zero-order chi connectivity index (χ0) is 15.9. The average Bonchev–Trinajstić information content (AvgIpc) is 2.58. The van der Waals surface area contributed by atoms with Gasteiger partial charge in [-0.3, -0.25) is 0 Å². The fourth-order valence-electron chi connectivity index (χ4n) is 3.22. The first kappa shape index (κ1) is 15.8. The topological polar surface area (TPSA) is 29.1 Å². The van der Waals surface area contributed by atoms with Crippen LogP contribution in [0.2, 0.25) is 0 Å². The van der Waals surface area contributed by atoms with Crippen LogP contribution in [0, 0.1) is 0 Å². The number of nitrogens with one attached hydrogen (secondary N) is 2. The number of phenolic OH excluding ortho intramolecular Hbond substituents is 1. The zero-order valence-electron chi connectivity index (χ0n) is 13.5. The maximum Gasteiger partial charge on any atom is 0.127 e. The van der Waals surface area contributed by atoms with Crippen LogP contribution in [0.25, 0.3) is 6.08 Å². The van der Waals surface area contributed by atoms with Crippen molar-refractivity contribution in [1.82, 2.24) is 0 Å². The van der Waals surface area contributed by atoms with E-state index in [4.69, 9.17) is 0 Å². The Hall–Kier alpha value is -2.10. The Kier molecular flexibility index (Phi) is 5.46. The van der Waals surface area contributed by atoms with Gasteiger partial charge >= 0.3 is 0 Å². The number of benzene rings is 2. The first-order valence-corrected chi connectivity index (χ1v) is 8.46. The summed E-state index contributed by atoms with van der Waals surface area (Å²) in [5.74, 6) is 0.372. The van der Waals surface area contributed by atoms with Crippen LogP contribution in [-0.2, 0) is 6.54 Å². The molecule has 3 nitrogen and oxygen atoms in total. The molecule has 0 saturated carbocycles. The van der Waals surface area contributed by atoms with Crippen molar-refractivity contribution in [2.75, 3.05) is 32.7 Å². The number of quaternary nitrogens is 2. The Labute approximate surface area is 138 Å². The van der Waals surface area contributed by atoms with Crippen molar-refractivity contribution in [3.63, 3.8) is 0 Å². The number of aromatic hydroxyl groups is 1. The highest BCUT2D eigenvalue weighted by atomic mass is 16.3. The minimum atomic E-state index is 0.372. The normalized spacial score (nSPS) is 21.6. The van der Waals surface area contributed by atoms with E-state index in [1.54, 1.807) is 15.9 Å². The molecule has 3 N–H and O–H groups in total. The molecular formula is C20H26N2O+2. The highest BCUT2D eigenvalue weighted by Gasteiger charge is 2.21. The molecule has 1 aliphatic rings. The zero-order valence-corrected chi connectivity index (χ0v) is 13.5. The van der Waals surface area contributed by atoms with Gasteiger partial charge in [0, 0.05) is 5.56 Å². The van der Waals surface area contributed by atoms with E-state index in [-0.39, 0.29) is 0 Å². The van der Waals surface area contributed by atoms with Crippen LogP contribution in [0.1, 0.15) is 11.1 Å². The van der Waals surface area contributed by atoms with Crippen molar-refractivity contribution in [1.29, 1.82) is 0 Å².